The van der Waals surface area contributed by atoms with Crippen LogP contribution in [0.25, 0.3) is 16.8 Å². The molecule has 1 aliphatic heterocycles. The molecule has 1 aliphatic rings. The zero-order valence-electron chi connectivity index (χ0n) is 17.9. The molecule has 168 valence electrons. The Balaban J connectivity index is 1.33. The first-order valence-corrected chi connectivity index (χ1v) is 11.3. The number of hydrogen-bond donors (Lipinski definition) is 1. The summed E-state index contributed by atoms with van der Waals surface area (Å²) in [6, 6.07) is 15.8. The molecule has 1 saturated heterocycles. The average Bonchev–Trinajstić information content (AvgIpc) is 3.28. The Morgan fingerprint density at radius 2 is 2.03 bits per heavy atom. The molecular formula is C25H23ClFN5O. The van der Waals surface area contributed by atoms with Crippen LogP contribution in [0.5, 0.6) is 0 Å². The van der Waals surface area contributed by atoms with Crippen molar-refractivity contribution < 1.29 is 9.18 Å². The maximum Gasteiger partial charge on any atom is 0.225 e. The van der Waals surface area contributed by atoms with Gasteiger partial charge in [0.1, 0.15) is 11.3 Å². The fourth-order valence-electron chi connectivity index (χ4n) is 4.26. The third-order valence-electron chi connectivity index (χ3n) is 5.96. The molecule has 0 spiro atoms. The summed E-state index contributed by atoms with van der Waals surface area (Å²) in [5.74, 6) is 0.392. The third-order valence-corrected chi connectivity index (χ3v) is 6.20. The highest BCUT2D eigenvalue weighted by Crippen LogP contribution is 2.29. The Morgan fingerprint density at radius 1 is 1.18 bits per heavy atom. The molecule has 8 heteroatoms. The molecule has 1 atom stereocenters. The highest BCUT2D eigenvalue weighted by Gasteiger charge is 2.27. The van der Waals surface area contributed by atoms with E-state index in [0.717, 1.165) is 47.5 Å². The largest absolute Gasteiger partial charge is 0.354 e. The zero-order chi connectivity index (χ0) is 22.8. The van der Waals surface area contributed by atoms with E-state index in [1.54, 1.807) is 18.3 Å². The van der Waals surface area contributed by atoms with Crippen LogP contribution in [0.15, 0.2) is 67.0 Å². The van der Waals surface area contributed by atoms with E-state index in [9.17, 15) is 9.18 Å². The number of anilines is 1. The smallest absolute Gasteiger partial charge is 0.225 e. The van der Waals surface area contributed by atoms with Gasteiger partial charge in [0.05, 0.1) is 11.6 Å². The number of hydrogen-bond acceptors (Lipinski definition) is 4. The van der Waals surface area contributed by atoms with E-state index >= 15 is 0 Å². The van der Waals surface area contributed by atoms with Crippen LogP contribution in [0.3, 0.4) is 0 Å². The van der Waals surface area contributed by atoms with Gasteiger partial charge >= 0.3 is 0 Å². The molecule has 2 aromatic carbocycles. The van der Waals surface area contributed by atoms with Gasteiger partial charge in [0.25, 0.3) is 0 Å². The number of fused-ring (bicyclic) bond motifs is 1. The van der Waals surface area contributed by atoms with E-state index in [1.165, 1.54) is 12.1 Å². The van der Waals surface area contributed by atoms with Crippen molar-refractivity contribution in [1.82, 2.24) is 19.9 Å². The second-order valence-corrected chi connectivity index (χ2v) is 8.69. The van der Waals surface area contributed by atoms with Crippen LogP contribution in [0.1, 0.15) is 18.4 Å². The molecule has 0 aliphatic carbocycles. The zero-order valence-corrected chi connectivity index (χ0v) is 18.7. The lowest BCUT2D eigenvalue weighted by atomic mass is 9.97. The van der Waals surface area contributed by atoms with Gasteiger partial charge in [-0.1, -0.05) is 35.9 Å². The normalized spacial score (nSPS) is 16.2. The highest BCUT2D eigenvalue weighted by molar-refractivity contribution is 6.30. The van der Waals surface area contributed by atoms with Crippen LogP contribution in [0.4, 0.5) is 10.2 Å². The molecule has 0 radical (unpaired) electrons. The quantitative estimate of drug-likeness (QED) is 0.465. The molecule has 5 rings (SSSR count). The Morgan fingerprint density at radius 3 is 2.85 bits per heavy atom. The predicted octanol–water partition coefficient (Wildman–Crippen LogP) is 4.72. The van der Waals surface area contributed by atoms with E-state index in [1.807, 2.05) is 41.0 Å². The summed E-state index contributed by atoms with van der Waals surface area (Å²) in [5.41, 5.74) is 3.52. The molecule has 2 aromatic heterocycles. The molecule has 0 unspecified atom stereocenters. The summed E-state index contributed by atoms with van der Waals surface area (Å²) in [4.78, 5) is 19.6. The van der Waals surface area contributed by atoms with E-state index in [-0.39, 0.29) is 17.6 Å². The van der Waals surface area contributed by atoms with Crippen LogP contribution in [-0.2, 0) is 11.3 Å². The predicted molar refractivity (Wildman–Crippen MR) is 127 cm³/mol. The lowest BCUT2D eigenvalue weighted by Gasteiger charge is -2.33. The Labute approximate surface area is 196 Å². The maximum absolute atomic E-state index is 13.1. The van der Waals surface area contributed by atoms with Crippen LogP contribution >= 0.6 is 11.6 Å². The molecule has 33 heavy (non-hydrogen) atoms. The standard InChI is InChI=1S/C25H23ClFN5O/c26-20-5-1-3-18(13-20)22-14-23-24(28-10-12-32(23)30-22)31-11-2-4-19(16-31)25(33)29-15-17-6-8-21(27)9-7-17/h1,3,5-10,12-14,19H,2,4,11,15-16H2,(H,29,33)/t19-/m1/s1. The molecule has 6 nitrogen and oxygen atoms in total. The van der Waals surface area contributed by atoms with E-state index in [2.05, 4.69) is 20.3 Å². The van der Waals surface area contributed by atoms with Crippen molar-refractivity contribution in [3.05, 3.63) is 83.4 Å². The van der Waals surface area contributed by atoms with Crippen molar-refractivity contribution in [3.63, 3.8) is 0 Å². The number of nitrogens with one attached hydrogen (secondary N) is 1. The van der Waals surface area contributed by atoms with Crippen molar-refractivity contribution in [3.8, 4) is 11.3 Å². The summed E-state index contributed by atoms with van der Waals surface area (Å²) < 4.78 is 14.9. The summed E-state index contributed by atoms with van der Waals surface area (Å²) in [6.45, 7) is 1.79. The summed E-state index contributed by atoms with van der Waals surface area (Å²) in [5, 5.41) is 8.34. The van der Waals surface area contributed by atoms with Gasteiger partial charge in [-0.05, 0) is 48.7 Å². The molecule has 4 aromatic rings. The van der Waals surface area contributed by atoms with Gasteiger partial charge in [-0.15, -0.1) is 0 Å². The van der Waals surface area contributed by atoms with E-state index in [0.29, 0.717) is 18.1 Å². The van der Waals surface area contributed by atoms with Crippen molar-refractivity contribution in [2.75, 3.05) is 18.0 Å². The first-order valence-electron chi connectivity index (χ1n) is 10.9. The first-order chi connectivity index (χ1) is 16.1. The maximum atomic E-state index is 13.1. The Kier molecular flexibility index (Phi) is 5.96. The molecule has 1 amide bonds. The van der Waals surface area contributed by atoms with Gasteiger partial charge in [-0.25, -0.2) is 13.9 Å². The van der Waals surface area contributed by atoms with Gasteiger partial charge < -0.3 is 10.2 Å². The monoisotopic (exact) mass is 463 g/mol. The number of aromatic nitrogens is 3. The van der Waals surface area contributed by atoms with Crippen LogP contribution < -0.4 is 10.2 Å². The molecule has 1 N–H and O–H groups in total. The minimum Gasteiger partial charge on any atom is -0.354 e. The van der Waals surface area contributed by atoms with Gasteiger partial charge in [0.15, 0.2) is 5.82 Å². The fourth-order valence-corrected chi connectivity index (χ4v) is 4.45. The van der Waals surface area contributed by atoms with Crippen molar-refractivity contribution in [2.24, 2.45) is 5.92 Å². The van der Waals surface area contributed by atoms with Gasteiger partial charge in [0.2, 0.25) is 5.91 Å². The van der Waals surface area contributed by atoms with Gasteiger partial charge in [0, 0.05) is 42.6 Å². The number of rotatable bonds is 5. The van der Waals surface area contributed by atoms with Crippen LogP contribution in [-0.4, -0.2) is 33.6 Å². The molecule has 3 heterocycles. The number of amides is 1. The molecular weight excluding hydrogens is 441 g/mol. The Hall–Kier alpha value is -3.45. The topological polar surface area (TPSA) is 62.5 Å². The molecule has 0 saturated carbocycles. The number of carbonyl (C=O) groups excluding carboxylic acids is 1. The van der Waals surface area contributed by atoms with Crippen LogP contribution in [0.2, 0.25) is 5.02 Å². The van der Waals surface area contributed by atoms with Gasteiger partial charge in [-0.3, -0.25) is 4.79 Å². The van der Waals surface area contributed by atoms with Crippen LogP contribution in [0, 0.1) is 11.7 Å². The average molecular weight is 464 g/mol. The second-order valence-electron chi connectivity index (χ2n) is 8.25. The number of piperidine rings is 1. The first kappa shape index (κ1) is 21.4. The van der Waals surface area contributed by atoms with Gasteiger partial charge in [-0.2, -0.15) is 5.10 Å². The SMILES string of the molecule is O=C(NCc1ccc(F)cc1)[C@@H]1CCCN(c2nccn3nc(-c4cccc(Cl)c4)cc23)C1. The minimum absolute atomic E-state index is 0.00380. The molecule has 0 bridgehead atoms. The number of benzene rings is 2. The summed E-state index contributed by atoms with van der Waals surface area (Å²) in [7, 11) is 0. The lowest BCUT2D eigenvalue weighted by Crippen LogP contribution is -2.43. The van der Waals surface area contributed by atoms with Crippen molar-refractivity contribution >= 4 is 28.8 Å². The lowest BCUT2D eigenvalue weighted by molar-refractivity contribution is -0.125. The van der Waals surface area contributed by atoms with Crippen molar-refractivity contribution in [2.45, 2.75) is 19.4 Å². The van der Waals surface area contributed by atoms with E-state index < -0.39 is 0 Å². The second kappa shape index (κ2) is 9.19. The number of halogens is 2. The molecule has 1 fully saturated rings. The number of nitrogens with zero attached hydrogens (tertiary/aromatic N) is 4. The summed E-state index contributed by atoms with van der Waals surface area (Å²) >= 11 is 6.15. The minimum atomic E-state index is -0.284. The summed E-state index contributed by atoms with van der Waals surface area (Å²) in [6.07, 6.45) is 5.27. The van der Waals surface area contributed by atoms with E-state index in [4.69, 9.17) is 11.6 Å². The van der Waals surface area contributed by atoms with Crippen molar-refractivity contribution in [1.29, 1.82) is 0 Å². The Bertz CT molecular complexity index is 1290. The highest BCUT2D eigenvalue weighted by atomic mass is 35.5. The third kappa shape index (κ3) is 4.68. The number of carbonyl (C=O) groups is 1. The fraction of sp³-hybridized carbons (Fsp3) is 0.240.